The molecule has 0 radical (unpaired) electrons. The number of amides is 1. The average Bonchev–Trinajstić information content (AvgIpc) is 3.27. The molecular weight excluding hydrogens is 385 g/mol. The van der Waals surface area contributed by atoms with Gasteiger partial charge in [-0.2, -0.15) is 0 Å². The number of hydroxylamine groups is 3. The van der Waals surface area contributed by atoms with Gasteiger partial charge in [-0.05, 0) is 50.9 Å². The number of likely N-dealkylation sites (tertiary alicyclic amines) is 2. The summed E-state index contributed by atoms with van der Waals surface area (Å²) in [6.45, 7) is 3.68. The minimum atomic E-state index is -0.590. The van der Waals surface area contributed by atoms with Gasteiger partial charge in [0.25, 0.3) is 0 Å². The SMILES string of the molecule is O=C1[C@H]2CCCC[C@H]2C[N+]1([O-])CCCN1CCC(c2noc3cc(F)ccc23)CC1. The van der Waals surface area contributed by atoms with Crippen LogP contribution in [0.3, 0.4) is 0 Å². The molecule has 1 unspecified atom stereocenters. The van der Waals surface area contributed by atoms with Gasteiger partial charge in [0, 0.05) is 36.3 Å². The Kier molecular flexibility index (Phi) is 5.37. The van der Waals surface area contributed by atoms with Crippen LogP contribution >= 0.6 is 0 Å². The van der Waals surface area contributed by atoms with Crippen LogP contribution in [0.1, 0.15) is 56.6 Å². The molecule has 0 bridgehead atoms. The number of quaternary nitrogens is 1. The summed E-state index contributed by atoms with van der Waals surface area (Å²) in [5.74, 6) is 0.305. The van der Waals surface area contributed by atoms with E-state index in [0.717, 1.165) is 69.2 Å². The van der Waals surface area contributed by atoms with Gasteiger partial charge in [0.1, 0.15) is 5.82 Å². The third-order valence-corrected chi connectivity index (χ3v) is 7.59. The standard InChI is InChI=1S/C23H30FN3O3/c24-18-6-7-20-21(14-18)30-25-22(20)16-8-11-26(12-9-16)10-3-13-27(29)15-17-4-1-2-5-19(17)23(27)28/h6-7,14,16-17,19H,1-5,8-13,15H2/t17-,19-,27?/m0/s1. The van der Waals surface area contributed by atoms with Gasteiger partial charge in [-0.1, -0.05) is 18.0 Å². The van der Waals surface area contributed by atoms with Crippen LogP contribution in [-0.4, -0.2) is 53.3 Å². The van der Waals surface area contributed by atoms with Crippen molar-refractivity contribution in [1.82, 2.24) is 10.1 Å². The van der Waals surface area contributed by atoms with Crippen molar-refractivity contribution in [3.63, 3.8) is 0 Å². The van der Waals surface area contributed by atoms with Gasteiger partial charge in [0.15, 0.2) is 5.58 Å². The highest BCUT2D eigenvalue weighted by Gasteiger charge is 2.49. The number of hydrogen-bond acceptors (Lipinski definition) is 5. The summed E-state index contributed by atoms with van der Waals surface area (Å²) < 4.78 is 18.1. The van der Waals surface area contributed by atoms with E-state index in [1.165, 1.54) is 18.6 Å². The van der Waals surface area contributed by atoms with Crippen molar-refractivity contribution in [3.05, 3.63) is 34.9 Å². The molecule has 1 aromatic carbocycles. The second-order valence-electron chi connectivity index (χ2n) is 9.46. The van der Waals surface area contributed by atoms with Gasteiger partial charge < -0.3 is 14.6 Å². The van der Waals surface area contributed by atoms with Crippen LogP contribution in [0.15, 0.2) is 22.7 Å². The molecule has 3 atom stereocenters. The zero-order valence-corrected chi connectivity index (χ0v) is 17.4. The number of hydrogen-bond donors (Lipinski definition) is 0. The Morgan fingerprint density at radius 1 is 1.20 bits per heavy atom. The molecule has 6 nitrogen and oxygen atoms in total. The predicted molar refractivity (Wildman–Crippen MR) is 111 cm³/mol. The fourth-order valence-electron chi connectivity index (χ4n) is 5.93. The Labute approximate surface area is 176 Å². The monoisotopic (exact) mass is 415 g/mol. The first-order chi connectivity index (χ1) is 14.5. The second-order valence-corrected chi connectivity index (χ2v) is 9.46. The van der Waals surface area contributed by atoms with Crippen molar-refractivity contribution in [3.8, 4) is 0 Å². The van der Waals surface area contributed by atoms with Gasteiger partial charge in [-0.25, -0.2) is 9.18 Å². The normalized spacial score (nSPS) is 30.8. The van der Waals surface area contributed by atoms with Gasteiger partial charge in [-0.15, -0.1) is 0 Å². The summed E-state index contributed by atoms with van der Waals surface area (Å²) in [4.78, 5) is 15.0. The molecule has 1 aromatic heterocycles. The molecule has 1 aliphatic carbocycles. The van der Waals surface area contributed by atoms with Gasteiger partial charge in [-0.3, -0.25) is 4.65 Å². The number of piperidine rings is 1. The second kappa shape index (κ2) is 8.02. The van der Waals surface area contributed by atoms with E-state index in [4.69, 9.17) is 4.52 Å². The molecule has 3 heterocycles. The molecule has 1 saturated carbocycles. The predicted octanol–water partition coefficient (Wildman–Crippen LogP) is 4.20. The maximum absolute atomic E-state index is 13.4. The molecule has 162 valence electrons. The lowest BCUT2D eigenvalue weighted by atomic mass is 9.81. The van der Waals surface area contributed by atoms with E-state index in [-0.39, 0.29) is 17.6 Å². The lowest BCUT2D eigenvalue weighted by Gasteiger charge is -2.37. The Morgan fingerprint density at radius 2 is 2.00 bits per heavy atom. The van der Waals surface area contributed by atoms with Crippen LogP contribution in [0.4, 0.5) is 4.39 Å². The highest BCUT2D eigenvalue weighted by molar-refractivity contribution is 5.80. The first kappa shape index (κ1) is 20.1. The first-order valence-corrected chi connectivity index (χ1v) is 11.4. The molecule has 1 amide bonds. The highest BCUT2D eigenvalue weighted by Crippen LogP contribution is 2.40. The van der Waals surface area contributed by atoms with Crippen molar-refractivity contribution in [2.45, 2.75) is 50.9 Å². The Hall–Kier alpha value is -1.83. The third kappa shape index (κ3) is 3.67. The molecule has 0 N–H and O–H groups in total. The number of carbonyl (C=O) groups is 1. The van der Waals surface area contributed by atoms with E-state index in [0.29, 0.717) is 30.5 Å². The minimum absolute atomic E-state index is 0.0257. The fourth-order valence-corrected chi connectivity index (χ4v) is 5.93. The van der Waals surface area contributed by atoms with E-state index in [2.05, 4.69) is 10.1 Å². The summed E-state index contributed by atoms with van der Waals surface area (Å²) in [6.07, 6.45) is 6.94. The Balaban J connectivity index is 1.12. The molecule has 2 aliphatic heterocycles. The zero-order valence-electron chi connectivity index (χ0n) is 17.4. The van der Waals surface area contributed by atoms with Crippen molar-refractivity contribution >= 4 is 16.9 Å². The van der Waals surface area contributed by atoms with E-state index >= 15 is 0 Å². The Morgan fingerprint density at radius 3 is 2.80 bits per heavy atom. The lowest BCUT2D eigenvalue weighted by Crippen LogP contribution is -2.46. The molecule has 30 heavy (non-hydrogen) atoms. The fraction of sp³-hybridized carbons (Fsp3) is 0.652. The summed E-state index contributed by atoms with van der Waals surface area (Å²) in [7, 11) is 0. The van der Waals surface area contributed by atoms with Gasteiger partial charge >= 0.3 is 5.91 Å². The van der Waals surface area contributed by atoms with E-state index < -0.39 is 4.65 Å². The Bertz CT molecular complexity index is 924. The summed E-state index contributed by atoms with van der Waals surface area (Å²) >= 11 is 0. The van der Waals surface area contributed by atoms with Crippen molar-refractivity contribution < 1.29 is 18.4 Å². The summed E-state index contributed by atoms with van der Waals surface area (Å²) in [6, 6.07) is 4.60. The topological polar surface area (TPSA) is 69.4 Å². The van der Waals surface area contributed by atoms with Gasteiger partial charge in [0.05, 0.1) is 24.7 Å². The van der Waals surface area contributed by atoms with Crippen LogP contribution < -0.4 is 0 Å². The van der Waals surface area contributed by atoms with Crippen molar-refractivity contribution in [2.75, 3.05) is 32.7 Å². The number of rotatable bonds is 5. The molecule has 5 rings (SSSR count). The van der Waals surface area contributed by atoms with Gasteiger partial charge in [0.2, 0.25) is 0 Å². The number of nitrogens with zero attached hydrogens (tertiary/aromatic N) is 3. The molecular formula is C23H30FN3O3. The molecule has 7 heteroatoms. The van der Waals surface area contributed by atoms with E-state index in [1.807, 2.05) is 0 Å². The van der Waals surface area contributed by atoms with E-state index in [1.54, 1.807) is 6.07 Å². The van der Waals surface area contributed by atoms with Crippen LogP contribution in [0, 0.1) is 22.9 Å². The van der Waals surface area contributed by atoms with Crippen LogP contribution in [-0.2, 0) is 4.79 Å². The first-order valence-electron chi connectivity index (χ1n) is 11.4. The number of aromatic nitrogens is 1. The zero-order chi connectivity index (χ0) is 20.7. The van der Waals surface area contributed by atoms with Crippen LogP contribution in [0.25, 0.3) is 11.0 Å². The minimum Gasteiger partial charge on any atom is -0.625 e. The third-order valence-electron chi connectivity index (χ3n) is 7.59. The number of halogens is 1. The molecule has 3 fully saturated rings. The maximum Gasteiger partial charge on any atom is 0.317 e. The summed E-state index contributed by atoms with van der Waals surface area (Å²) in [5.41, 5.74) is 1.44. The molecule has 2 aromatic rings. The number of benzene rings is 1. The molecule has 3 aliphatic rings. The number of carbonyl (C=O) groups excluding carboxylic acids is 1. The van der Waals surface area contributed by atoms with Crippen LogP contribution in [0.2, 0.25) is 0 Å². The largest absolute Gasteiger partial charge is 0.625 e. The highest BCUT2D eigenvalue weighted by atomic mass is 19.1. The molecule has 2 saturated heterocycles. The number of fused-ring (bicyclic) bond motifs is 2. The average molecular weight is 416 g/mol. The van der Waals surface area contributed by atoms with Crippen molar-refractivity contribution in [2.24, 2.45) is 11.8 Å². The summed E-state index contributed by atoms with van der Waals surface area (Å²) in [5, 5.41) is 18.2. The van der Waals surface area contributed by atoms with Crippen molar-refractivity contribution in [1.29, 1.82) is 0 Å². The van der Waals surface area contributed by atoms with Crippen LogP contribution in [0.5, 0.6) is 0 Å². The smallest absolute Gasteiger partial charge is 0.317 e. The maximum atomic E-state index is 13.4. The van der Waals surface area contributed by atoms with E-state index in [9.17, 15) is 14.4 Å². The molecule has 0 spiro atoms. The quantitative estimate of drug-likeness (QED) is 0.541. The lowest BCUT2D eigenvalue weighted by molar-refractivity contribution is -0.798.